The molecule has 1 saturated carbocycles. The van der Waals surface area contributed by atoms with Gasteiger partial charge in [-0.1, -0.05) is 11.6 Å². The molecular formula is C15H24N2O3. The smallest absolute Gasteiger partial charge is 0.229 e. The summed E-state index contributed by atoms with van der Waals surface area (Å²) < 4.78 is 5.14. The summed E-state index contributed by atoms with van der Waals surface area (Å²) in [5, 5.41) is 13.8. The Morgan fingerprint density at radius 1 is 1.50 bits per heavy atom. The molecule has 3 atom stereocenters. The lowest BCUT2D eigenvalue weighted by molar-refractivity contribution is -0.132. The number of aliphatic hydroxyl groups excluding tert-OH is 1. The number of likely N-dealkylation sites (N-methyl/N-ethyl adjacent to an activating group) is 1. The predicted molar refractivity (Wildman–Crippen MR) is 75.4 cm³/mol. The van der Waals surface area contributed by atoms with Gasteiger partial charge in [0, 0.05) is 25.1 Å². The molecule has 1 aromatic heterocycles. The summed E-state index contributed by atoms with van der Waals surface area (Å²) in [6, 6.07) is 0. The molecule has 0 saturated heterocycles. The van der Waals surface area contributed by atoms with Crippen molar-refractivity contribution in [3.8, 4) is 0 Å². The molecule has 0 bridgehead atoms. The van der Waals surface area contributed by atoms with Crippen LogP contribution >= 0.6 is 0 Å². The summed E-state index contributed by atoms with van der Waals surface area (Å²) in [4.78, 5) is 14.2. The highest BCUT2D eigenvalue weighted by Gasteiger charge is 2.30. The molecule has 2 rings (SSSR count). The molecule has 1 aromatic rings. The molecule has 112 valence electrons. The van der Waals surface area contributed by atoms with Gasteiger partial charge in [0.1, 0.15) is 5.76 Å². The van der Waals surface area contributed by atoms with Crippen LogP contribution in [0, 0.1) is 19.8 Å². The van der Waals surface area contributed by atoms with Crippen LogP contribution in [0.25, 0.3) is 0 Å². The number of amides is 1. The maximum atomic E-state index is 12.5. The average molecular weight is 280 g/mol. The second-order valence-electron chi connectivity index (χ2n) is 5.94. The first-order valence-electron chi connectivity index (χ1n) is 7.27. The van der Waals surface area contributed by atoms with E-state index in [0.29, 0.717) is 12.3 Å². The molecule has 1 heterocycles. The molecule has 20 heavy (non-hydrogen) atoms. The number of aryl methyl sites for hydroxylation is 2. The topological polar surface area (TPSA) is 66.6 Å². The molecule has 0 radical (unpaired) electrons. The normalized spacial score (nSPS) is 23.9. The fraction of sp³-hybridized carbons (Fsp3) is 0.733. The summed E-state index contributed by atoms with van der Waals surface area (Å²) in [6.07, 6.45) is 2.64. The Morgan fingerprint density at radius 2 is 2.20 bits per heavy atom. The molecule has 1 aliphatic carbocycles. The van der Waals surface area contributed by atoms with Crippen LogP contribution in [0.4, 0.5) is 0 Å². The molecule has 0 spiro atoms. The van der Waals surface area contributed by atoms with Gasteiger partial charge in [-0.15, -0.1) is 0 Å². The van der Waals surface area contributed by atoms with Crippen LogP contribution < -0.4 is 0 Å². The highest BCUT2D eigenvalue weighted by atomic mass is 16.5. The van der Waals surface area contributed by atoms with Gasteiger partial charge in [-0.05, 0) is 33.6 Å². The Bertz CT molecular complexity index is 464. The van der Waals surface area contributed by atoms with E-state index in [9.17, 15) is 9.90 Å². The van der Waals surface area contributed by atoms with Gasteiger partial charge >= 0.3 is 0 Å². The number of carbonyl (C=O) groups is 1. The minimum absolute atomic E-state index is 0.0542. The van der Waals surface area contributed by atoms with E-state index in [1.807, 2.05) is 27.8 Å². The zero-order valence-corrected chi connectivity index (χ0v) is 12.7. The van der Waals surface area contributed by atoms with Crippen molar-refractivity contribution in [2.45, 2.75) is 52.1 Å². The Morgan fingerprint density at radius 3 is 2.70 bits per heavy atom. The van der Waals surface area contributed by atoms with Crippen LogP contribution in [-0.4, -0.2) is 40.8 Å². The van der Waals surface area contributed by atoms with E-state index in [4.69, 9.17) is 4.52 Å². The zero-order valence-electron chi connectivity index (χ0n) is 12.7. The lowest BCUT2D eigenvalue weighted by Gasteiger charge is -2.26. The number of aromatic nitrogens is 1. The summed E-state index contributed by atoms with van der Waals surface area (Å²) in [5.74, 6) is 0.710. The van der Waals surface area contributed by atoms with Gasteiger partial charge in [-0.2, -0.15) is 0 Å². The second kappa shape index (κ2) is 5.95. The Labute approximate surface area is 119 Å². The first kappa shape index (κ1) is 15.0. The van der Waals surface area contributed by atoms with Crippen LogP contribution in [0.3, 0.4) is 0 Å². The monoisotopic (exact) mass is 280 g/mol. The van der Waals surface area contributed by atoms with Crippen molar-refractivity contribution in [1.29, 1.82) is 0 Å². The summed E-state index contributed by atoms with van der Waals surface area (Å²) >= 11 is 0. The number of rotatable bonds is 4. The number of nitrogens with zero attached hydrogens (tertiary/aromatic N) is 2. The predicted octanol–water partition coefficient (Wildman–Crippen LogP) is 2.01. The molecule has 1 fully saturated rings. The standard InChI is InChI=1S/C15H24N2O3/c1-9(14-10(2)16-20-11(14)3)15(19)17(4)8-12-6-5-7-13(12)18/h9,12-13,18H,5-8H2,1-4H3. The van der Waals surface area contributed by atoms with E-state index in [-0.39, 0.29) is 23.8 Å². The number of aliphatic hydroxyl groups is 1. The molecule has 0 aliphatic heterocycles. The van der Waals surface area contributed by atoms with Gasteiger partial charge in [0.05, 0.1) is 17.7 Å². The third kappa shape index (κ3) is 2.87. The highest BCUT2D eigenvalue weighted by molar-refractivity contribution is 5.83. The quantitative estimate of drug-likeness (QED) is 0.916. The first-order valence-corrected chi connectivity index (χ1v) is 7.27. The van der Waals surface area contributed by atoms with Crippen molar-refractivity contribution >= 4 is 5.91 Å². The molecule has 1 aliphatic rings. The molecule has 1 N–H and O–H groups in total. The van der Waals surface area contributed by atoms with Gasteiger partial charge < -0.3 is 14.5 Å². The minimum atomic E-state index is -0.264. The van der Waals surface area contributed by atoms with E-state index in [2.05, 4.69) is 5.16 Å². The molecule has 0 aromatic carbocycles. The fourth-order valence-electron chi connectivity index (χ4n) is 3.23. The molecular weight excluding hydrogens is 256 g/mol. The summed E-state index contributed by atoms with van der Waals surface area (Å²) in [7, 11) is 1.81. The third-order valence-electron chi connectivity index (χ3n) is 4.40. The lowest BCUT2D eigenvalue weighted by Crippen LogP contribution is -2.37. The largest absolute Gasteiger partial charge is 0.393 e. The zero-order chi connectivity index (χ0) is 14.9. The summed E-state index contributed by atoms with van der Waals surface area (Å²) in [5.41, 5.74) is 1.66. The number of carbonyl (C=O) groups excluding carboxylic acids is 1. The van der Waals surface area contributed by atoms with Crippen LogP contribution in [0.1, 0.15) is 49.1 Å². The fourth-order valence-corrected chi connectivity index (χ4v) is 3.23. The van der Waals surface area contributed by atoms with Crippen LogP contribution in [0.2, 0.25) is 0 Å². The Hall–Kier alpha value is -1.36. The van der Waals surface area contributed by atoms with Crippen molar-refractivity contribution in [2.24, 2.45) is 5.92 Å². The maximum absolute atomic E-state index is 12.5. The highest BCUT2D eigenvalue weighted by Crippen LogP contribution is 2.28. The van der Waals surface area contributed by atoms with Crippen molar-refractivity contribution < 1.29 is 14.4 Å². The third-order valence-corrected chi connectivity index (χ3v) is 4.40. The van der Waals surface area contributed by atoms with Crippen LogP contribution in [0.15, 0.2) is 4.52 Å². The van der Waals surface area contributed by atoms with Gasteiger partial charge in [0.15, 0.2) is 0 Å². The van der Waals surface area contributed by atoms with E-state index in [1.165, 1.54) is 0 Å². The van der Waals surface area contributed by atoms with Crippen LogP contribution in [0.5, 0.6) is 0 Å². The van der Waals surface area contributed by atoms with E-state index < -0.39 is 0 Å². The molecule has 1 amide bonds. The van der Waals surface area contributed by atoms with Crippen molar-refractivity contribution in [3.05, 3.63) is 17.0 Å². The van der Waals surface area contributed by atoms with Gasteiger partial charge in [0.25, 0.3) is 0 Å². The number of hydrogen-bond donors (Lipinski definition) is 1. The van der Waals surface area contributed by atoms with Crippen LogP contribution in [-0.2, 0) is 4.79 Å². The Kier molecular flexibility index (Phi) is 4.48. The van der Waals surface area contributed by atoms with Crippen molar-refractivity contribution in [3.63, 3.8) is 0 Å². The van der Waals surface area contributed by atoms with Crippen molar-refractivity contribution in [1.82, 2.24) is 10.1 Å². The minimum Gasteiger partial charge on any atom is -0.393 e. The summed E-state index contributed by atoms with van der Waals surface area (Å²) in [6.45, 7) is 6.19. The molecule has 5 heteroatoms. The molecule has 3 unspecified atom stereocenters. The average Bonchev–Trinajstić information content (AvgIpc) is 2.95. The maximum Gasteiger partial charge on any atom is 0.229 e. The van der Waals surface area contributed by atoms with E-state index in [1.54, 1.807) is 4.90 Å². The SMILES string of the molecule is Cc1noc(C)c1C(C)C(=O)N(C)CC1CCCC1O. The Balaban J connectivity index is 2.03. The van der Waals surface area contributed by atoms with E-state index >= 15 is 0 Å². The molecule has 5 nitrogen and oxygen atoms in total. The number of hydrogen-bond acceptors (Lipinski definition) is 4. The van der Waals surface area contributed by atoms with E-state index in [0.717, 1.165) is 30.5 Å². The van der Waals surface area contributed by atoms with Gasteiger partial charge in [-0.25, -0.2) is 0 Å². The van der Waals surface area contributed by atoms with Crippen molar-refractivity contribution in [2.75, 3.05) is 13.6 Å². The lowest BCUT2D eigenvalue weighted by atomic mass is 9.97. The first-order chi connectivity index (χ1) is 9.41. The van der Waals surface area contributed by atoms with Gasteiger partial charge in [-0.3, -0.25) is 4.79 Å². The van der Waals surface area contributed by atoms with Gasteiger partial charge in [0.2, 0.25) is 5.91 Å². The second-order valence-corrected chi connectivity index (χ2v) is 5.94.